The largest absolute Gasteiger partial charge is 0.481 e. The standard InChI is InChI=1S/C11H14O3S/c1-14-10(7-15-8-11(12)13)9-5-3-2-4-6-9/h2-6,10H,7-8H2,1H3,(H,12,13). The van der Waals surface area contributed by atoms with Crippen LogP contribution in [-0.4, -0.2) is 29.7 Å². The average molecular weight is 226 g/mol. The van der Waals surface area contributed by atoms with Gasteiger partial charge < -0.3 is 9.84 Å². The highest BCUT2D eigenvalue weighted by atomic mass is 32.2. The molecular weight excluding hydrogens is 212 g/mol. The van der Waals surface area contributed by atoms with Crippen LogP contribution in [0.4, 0.5) is 0 Å². The molecule has 15 heavy (non-hydrogen) atoms. The number of carboxylic acids is 1. The normalized spacial score (nSPS) is 12.3. The molecule has 0 bridgehead atoms. The van der Waals surface area contributed by atoms with Crippen molar-refractivity contribution < 1.29 is 14.6 Å². The molecular formula is C11H14O3S. The molecule has 0 aromatic heterocycles. The Hall–Kier alpha value is -1.00. The van der Waals surface area contributed by atoms with E-state index in [1.807, 2.05) is 30.3 Å². The van der Waals surface area contributed by atoms with Crippen LogP contribution in [0.1, 0.15) is 11.7 Å². The summed E-state index contributed by atoms with van der Waals surface area (Å²) in [4.78, 5) is 10.3. The minimum absolute atomic E-state index is 0.0319. The van der Waals surface area contributed by atoms with Crippen molar-refractivity contribution in [2.24, 2.45) is 0 Å². The molecule has 0 saturated heterocycles. The van der Waals surface area contributed by atoms with E-state index in [2.05, 4.69) is 0 Å². The monoisotopic (exact) mass is 226 g/mol. The summed E-state index contributed by atoms with van der Waals surface area (Å²) in [6, 6.07) is 9.80. The van der Waals surface area contributed by atoms with Gasteiger partial charge in [-0.2, -0.15) is 0 Å². The van der Waals surface area contributed by atoms with Crippen LogP contribution < -0.4 is 0 Å². The Morgan fingerprint density at radius 3 is 2.67 bits per heavy atom. The Morgan fingerprint density at radius 2 is 2.13 bits per heavy atom. The molecule has 0 amide bonds. The van der Waals surface area contributed by atoms with Crippen molar-refractivity contribution in [1.82, 2.24) is 0 Å². The minimum Gasteiger partial charge on any atom is -0.481 e. The van der Waals surface area contributed by atoms with Crippen molar-refractivity contribution in [2.45, 2.75) is 6.10 Å². The second kappa shape index (κ2) is 6.48. The Bertz CT molecular complexity index is 300. The summed E-state index contributed by atoms with van der Waals surface area (Å²) in [6.45, 7) is 0. The Kier molecular flexibility index (Phi) is 5.21. The molecule has 0 saturated carbocycles. The molecule has 1 unspecified atom stereocenters. The van der Waals surface area contributed by atoms with Gasteiger partial charge >= 0.3 is 5.97 Å². The number of carboxylic acid groups (broad SMARTS) is 1. The van der Waals surface area contributed by atoms with Crippen molar-refractivity contribution in [3.63, 3.8) is 0 Å². The highest BCUT2D eigenvalue weighted by Crippen LogP contribution is 2.20. The number of thioether (sulfide) groups is 1. The lowest BCUT2D eigenvalue weighted by Crippen LogP contribution is -2.07. The van der Waals surface area contributed by atoms with Gasteiger partial charge in [0.1, 0.15) is 0 Å². The third kappa shape index (κ3) is 4.36. The van der Waals surface area contributed by atoms with Crippen LogP contribution in [0, 0.1) is 0 Å². The zero-order valence-corrected chi connectivity index (χ0v) is 9.37. The maximum Gasteiger partial charge on any atom is 0.313 e. The minimum atomic E-state index is -0.789. The topological polar surface area (TPSA) is 46.5 Å². The molecule has 1 N–H and O–H groups in total. The van der Waals surface area contributed by atoms with E-state index in [0.29, 0.717) is 5.75 Å². The van der Waals surface area contributed by atoms with Gasteiger partial charge in [0, 0.05) is 12.9 Å². The second-order valence-electron chi connectivity index (χ2n) is 3.04. The summed E-state index contributed by atoms with van der Waals surface area (Å²) < 4.78 is 5.30. The predicted octanol–water partition coefficient (Wildman–Crippen LogP) is 2.19. The van der Waals surface area contributed by atoms with E-state index < -0.39 is 5.97 Å². The Balaban J connectivity index is 2.46. The van der Waals surface area contributed by atoms with E-state index in [1.165, 1.54) is 11.8 Å². The summed E-state index contributed by atoms with van der Waals surface area (Å²) >= 11 is 1.36. The maximum absolute atomic E-state index is 10.3. The van der Waals surface area contributed by atoms with Crippen LogP contribution in [-0.2, 0) is 9.53 Å². The lowest BCUT2D eigenvalue weighted by Gasteiger charge is -2.14. The fourth-order valence-corrected chi connectivity index (χ4v) is 2.06. The van der Waals surface area contributed by atoms with Crippen LogP contribution in [0.3, 0.4) is 0 Å². The molecule has 0 spiro atoms. The van der Waals surface area contributed by atoms with Crippen molar-refractivity contribution in [3.8, 4) is 0 Å². The summed E-state index contributed by atoms with van der Waals surface area (Å²) in [7, 11) is 1.64. The first-order valence-corrected chi connectivity index (χ1v) is 5.76. The van der Waals surface area contributed by atoms with E-state index in [4.69, 9.17) is 9.84 Å². The number of methoxy groups -OCH3 is 1. The smallest absolute Gasteiger partial charge is 0.313 e. The SMILES string of the molecule is COC(CSCC(=O)O)c1ccccc1. The first-order valence-electron chi connectivity index (χ1n) is 4.61. The van der Waals surface area contributed by atoms with E-state index >= 15 is 0 Å². The summed E-state index contributed by atoms with van der Waals surface area (Å²) in [6.07, 6.45) is -0.0319. The fraction of sp³-hybridized carbons (Fsp3) is 0.364. The van der Waals surface area contributed by atoms with Crippen LogP contribution in [0.5, 0.6) is 0 Å². The molecule has 1 atom stereocenters. The molecule has 0 aliphatic heterocycles. The van der Waals surface area contributed by atoms with Gasteiger partial charge in [0.25, 0.3) is 0 Å². The van der Waals surface area contributed by atoms with Crippen molar-refractivity contribution in [1.29, 1.82) is 0 Å². The lowest BCUT2D eigenvalue weighted by molar-refractivity contribution is -0.133. The summed E-state index contributed by atoms with van der Waals surface area (Å²) in [5, 5.41) is 8.51. The molecule has 0 fully saturated rings. The molecule has 0 aliphatic rings. The van der Waals surface area contributed by atoms with Gasteiger partial charge in [0.15, 0.2) is 0 Å². The first-order chi connectivity index (χ1) is 7.24. The number of carbonyl (C=O) groups is 1. The Morgan fingerprint density at radius 1 is 1.47 bits per heavy atom. The molecule has 1 rings (SSSR count). The van der Waals surface area contributed by atoms with Gasteiger partial charge in [-0.25, -0.2) is 0 Å². The molecule has 3 nitrogen and oxygen atoms in total. The van der Waals surface area contributed by atoms with Crippen LogP contribution >= 0.6 is 11.8 Å². The van der Waals surface area contributed by atoms with Gasteiger partial charge in [-0.1, -0.05) is 30.3 Å². The van der Waals surface area contributed by atoms with Gasteiger partial charge in [-0.3, -0.25) is 4.79 Å². The number of aliphatic carboxylic acids is 1. The van der Waals surface area contributed by atoms with E-state index in [9.17, 15) is 4.79 Å². The summed E-state index contributed by atoms with van der Waals surface area (Å²) in [5.74, 6) is -0.0117. The van der Waals surface area contributed by atoms with Crippen molar-refractivity contribution >= 4 is 17.7 Å². The van der Waals surface area contributed by atoms with E-state index in [0.717, 1.165) is 5.56 Å². The average Bonchev–Trinajstić information content (AvgIpc) is 2.25. The number of ether oxygens (including phenoxy) is 1. The van der Waals surface area contributed by atoms with E-state index in [-0.39, 0.29) is 11.9 Å². The van der Waals surface area contributed by atoms with Crippen LogP contribution in [0.15, 0.2) is 30.3 Å². The summed E-state index contributed by atoms with van der Waals surface area (Å²) in [5.41, 5.74) is 1.08. The maximum atomic E-state index is 10.3. The number of hydrogen-bond donors (Lipinski definition) is 1. The molecule has 0 heterocycles. The van der Waals surface area contributed by atoms with Gasteiger partial charge in [-0.05, 0) is 5.56 Å². The quantitative estimate of drug-likeness (QED) is 0.807. The highest BCUT2D eigenvalue weighted by Gasteiger charge is 2.10. The third-order valence-corrected chi connectivity index (χ3v) is 2.94. The second-order valence-corrected chi connectivity index (χ2v) is 4.07. The molecule has 4 heteroatoms. The molecule has 1 aromatic carbocycles. The number of hydrogen-bond acceptors (Lipinski definition) is 3. The van der Waals surface area contributed by atoms with Gasteiger partial charge in [-0.15, -0.1) is 11.8 Å². The van der Waals surface area contributed by atoms with Crippen molar-refractivity contribution in [2.75, 3.05) is 18.6 Å². The molecule has 82 valence electrons. The zero-order valence-electron chi connectivity index (χ0n) is 8.55. The van der Waals surface area contributed by atoms with Crippen LogP contribution in [0.25, 0.3) is 0 Å². The highest BCUT2D eigenvalue weighted by molar-refractivity contribution is 7.99. The molecule has 0 aliphatic carbocycles. The number of benzene rings is 1. The Labute approximate surface area is 93.4 Å². The zero-order chi connectivity index (χ0) is 11.1. The van der Waals surface area contributed by atoms with Gasteiger partial charge in [0.2, 0.25) is 0 Å². The first kappa shape index (κ1) is 12.1. The van der Waals surface area contributed by atoms with Crippen molar-refractivity contribution in [3.05, 3.63) is 35.9 Å². The lowest BCUT2D eigenvalue weighted by atomic mass is 10.1. The van der Waals surface area contributed by atoms with E-state index in [1.54, 1.807) is 7.11 Å². The van der Waals surface area contributed by atoms with Crippen LogP contribution in [0.2, 0.25) is 0 Å². The third-order valence-electron chi connectivity index (χ3n) is 1.95. The molecule has 0 radical (unpaired) electrons. The van der Waals surface area contributed by atoms with Gasteiger partial charge in [0.05, 0.1) is 11.9 Å². The number of rotatable bonds is 6. The predicted molar refractivity (Wildman–Crippen MR) is 61.2 cm³/mol. The fourth-order valence-electron chi connectivity index (χ4n) is 1.22. The molecule has 1 aromatic rings.